The second-order valence-corrected chi connectivity index (χ2v) is 10.1. The van der Waals surface area contributed by atoms with Crippen molar-refractivity contribution in [3.05, 3.63) is 58.7 Å². The zero-order valence-corrected chi connectivity index (χ0v) is 20.2. The summed E-state index contributed by atoms with van der Waals surface area (Å²) in [6.07, 6.45) is -1.77. The van der Waals surface area contributed by atoms with E-state index < -0.39 is 23.3 Å². The van der Waals surface area contributed by atoms with E-state index in [1.165, 1.54) is 26.0 Å². The number of hydrogen-bond donors (Lipinski definition) is 1. The SMILES string of the molecule is Cc1cc(CN2C(=O)N(c3ccc(C(F)(F)F)cc3)CC23CCC3)cc(C)c1OC(C)(C)C(=O)O. The van der Waals surface area contributed by atoms with Gasteiger partial charge >= 0.3 is 18.2 Å². The van der Waals surface area contributed by atoms with Crippen LogP contribution in [0.1, 0.15) is 55.4 Å². The molecule has 2 aromatic carbocycles. The topological polar surface area (TPSA) is 70.1 Å². The zero-order valence-electron chi connectivity index (χ0n) is 20.2. The Bertz CT molecular complexity index is 1130. The number of anilines is 1. The first kappa shape index (κ1) is 24.9. The number of ether oxygens (including phenoxy) is 1. The van der Waals surface area contributed by atoms with Crippen LogP contribution < -0.4 is 9.64 Å². The summed E-state index contributed by atoms with van der Waals surface area (Å²) in [5, 5.41) is 9.39. The van der Waals surface area contributed by atoms with Crippen molar-refractivity contribution in [2.24, 2.45) is 0 Å². The van der Waals surface area contributed by atoms with E-state index in [4.69, 9.17) is 4.74 Å². The molecule has 0 aromatic heterocycles. The van der Waals surface area contributed by atoms with Crippen LogP contribution in [0.5, 0.6) is 5.75 Å². The molecule has 188 valence electrons. The van der Waals surface area contributed by atoms with Crippen LogP contribution in [-0.2, 0) is 17.5 Å². The number of carbonyl (C=O) groups excluding carboxylic acids is 1. The highest BCUT2D eigenvalue weighted by atomic mass is 19.4. The molecule has 1 N–H and O–H groups in total. The number of aliphatic carboxylic acids is 1. The van der Waals surface area contributed by atoms with E-state index in [1.54, 1.807) is 4.90 Å². The predicted octanol–water partition coefficient (Wildman–Crippen LogP) is 5.93. The van der Waals surface area contributed by atoms with Gasteiger partial charge < -0.3 is 14.7 Å². The molecule has 9 heteroatoms. The molecular formula is C26H29F3N2O4. The molecule has 1 spiro atoms. The van der Waals surface area contributed by atoms with Crippen molar-refractivity contribution in [1.82, 2.24) is 4.90 Å². The van der Waals surface area contributed by atoms with Gasteiger partial charge in [-0.3, -0.25) is 4.90 Å². The number of urea groups is 1. The van der Waals surface area contributed by atoms with Crippen LogP contribution in [0, 0.1) is 13.8 Å². The molecule has 35 heavy (non-hydrogen) atoms. The number of amides is 2. The third-order valence-corrected chi connectivity index (χ3v) is 7.01. The van der Waals surface area contributed by atoms with Gasteiger partial charge in [-0.1, -0.05) is 12.1 Å². The van der Waals surface area contributed by atoms with Crippen molar-refractivity contribution < 1.29 is 32.6 Å². The molecule has 2 aliphatic rings. The summed E-state index contributed by atoms with van der Waals surface area (Å²) in [6.45, 7) is 7.43. The Morgan fingerprint density at radius 3 is 2.11 bits per heavy atom. The summed E-state index contributed by atoms with van der Waals surface area (Å²) in [6, 6.07) is 8.25. The van der Waals surface area contributed by atoms with Crippen LogP contribution in [0.15, 0.2) is 36.4 Å². The zero-order chi connectivity index (χ0) is 25.8. The minimum Gasteiger partial charge on any atom is -0.478 e. The van der Waals surface area contributed by atoms with E-state index in [1.807, 2.05) is 30.9 Å². The fourth-order valence-electron chi connectivity index (χ4n) is 4.85. The average molecular weight is 491 g/mol. The maximum atomic E-state index is 13.4. The molecule has 2 fully saturated rings. The maximum Gasteiger partial charge on any atom is 0.416 e. The van der Waals surface area contributed by atoms with E-state index >= 15 is 0 Å². The van der Waals surface area contributed by atoms with Gasteiger partial charge in [-0.25, -0.2) is 9.59 Å². The van der Waals surface area contributed by atoms with Crippen molar-refractivity contribution in [2.45, 2.75) is 70.8 Å². The molecule has 0 atom stereocenters. The Kier molecular flexibility index (Phi) is 6.02. The fraction of sp³-hybridized carbons (Fsp3) is 0.462. The lowest BCUT2D eigenvalue weighted by molar-refractivity contribution is -0.152. The van der Waals surface area contributed by atoms with E-state index in [9.17, 15) is 27.9 Å². The molecule has 0 bridgehead atoms. The molecule has 0 radical (unpaired) electrons. The molecule has 1 aliphatic heterocycles. The summed E-state index contributed by atoms with van der Waals surface area (Å²) in [4.78, 5) is 28.3. The Balaban J connectivity index is 1.58. The van der Waals surface area contributed by atoms with E-state index in [0.717, 1.165) is 48.1 Å². The quantitative estimate of drug-likeness (QED) is 0.545. The second kappa shape index (κ2) is 8.46. The van der Waals surface area contributed by atoms with Gasteiger partial charge in [0.05, 0.1) is 17.6 Å². The molecule has 1 saturated carbocycles. The van der Waals surface area contributed by atoms with Crippen molar-refractivity contribution in [1.29, 1.82) is 0 Å². The van der Waals surface area contributed by atoms with E-state index in [0.29, 0.717) is 24.5 Å². The van der Waals surface area contributed by atoms with Gasteiger partial charge in [0.25, 0.3) is 0 Å². The van der Waals surface area contributed by atoms with Gasteiger partial charge in [-0.05, 0) is 87.9 Å². The average Bonchev–Trinajstić information content (AvgIpc) is 3.03. The number of carbonyl (C=O) groups is 2. The number of benzene rings is 2. The summed E-state index contributed by atoms with van der Waals surface area (Å²) in [5.74, 6) is -0.572. The number of carboxylic acid groups (broad SMARTS) is 1. The third kappa shape index (κ3) is 4.56. The highest BCUT2D eigenvalue weighted by Crippen LogP contribution is 2.45. The highest BCUT2D eigenvalue weighted by Gasteiger charge is 2.53. The monoisotopic (exact) mass is 490 g/mol. The van der Waals surface area contributed by atoms with Gasteiger partial charge in [0, 0.05) is 12.2 Å². The van der Waals surface area contributed by atoms with Crippen LogP contribution >= 0.6 is 0 Å². The Morgan fingerprint density at radius 1 is 1.09 bits per heavy atom. The minimum atomic E-state index is -4.43. The number of hydrogen-bond acceptors (Lipinski definition) is 3. The van der Waals surface area contributed by atoms with Crippen molar-refractivity contribution in [2.75, 3.05) is 11.4 Å². The van der Waals surface area contributed by atoms with Crippen LogP contribution in [0.25, 0.3) is 0 Å². The molecule has 4 rings (SSSR count). The number of alkyl halides is 3. The molecule has 0 unspecified atom stereocenters. The molecule has 2 aromatic rings. The molecule has 6 nitrogen and oxygen atoms in total. The first-order valence-corrected chi connectivity index (χ1v) is 11.5. The van der Waals surface area contributed by atoms with Gasteiger partial charge in [0.15, 0.2) is 5.60 Å². The Labute approximate surface area is 202 Å². The molecule has 1 aliphatic carbocycles. The van der Waals surface area contributed by atoms with E-state index in [-0.39, 0.29) is 11.6 Å². The van der Waals surface area contributed by atoms with Crippen molar-refractivity contribution >= 4 is 17.7 Å². The molecular weight excluding hydrogens is 461 g/mol. The van der Waals surface area contributed by atoms with Gasteiger partial charge in [0.2, 0.25) is 0 Å². The number of aryl methyl sites for hydroxylation is 2. The van der Waals surface area contributed by atoms with Crippen molar-refractivity contribution in [3.8, 4) is 5.75 Å². The van der Waals surface area contributed by atoms with E-state index in [2.05, 4.69) is 0 Å². The molecule has 2 amide bonds. The summed E-state index contributed by atoms with van der Waals surface area (Å²) in [5.41, 5.74) is 0.384. The summed E-state index contributed by atoms with van der Waals surface area (Å²) >= 11 is 0. The second-order valence-electron chi connectivity index (χ2n) is 10.1. The predicted molar refractivity (Wildman–Crippen MR) is 125 cm³/mol. The Morgan fingerprint density at radius 2 is 1.66 bits per heavy atom. The van der Waals surface area contributed by atoms with Gasteiger partial charge in [0.1, 0.15) is 5.75 Å². The lowest BCUT2D eigenvalue weighted by Crippen LogP contribution is -2.51. The Hall–Kier alpha value is -3.23. The lowest BCUT2D eigenvalue weighted by atomic mass is 9.76. The van der Waals surface area contributed by atoms with Crippen molar-refractivity contribution in [3.63, 3.8) is 0 Å². The van der Waals surface area contributed by atoms with Crippen LogP contribution in [-0.4, -0.2) is 39.7 Å². The fourth-order valence-corrected chi connectivity index (χ4v) is 4.85. The summed E-state index contributed by atoms with van der Waals surface area (Å²) < 4.78 is 44.7. The lowest BCUT2D eigenvalue weighted by Gasteiger charge is -2.44. The smallest absolute Gasteiger partial charge is 0.416 e. The molecule has 1 heterocycles. The summed E-state index contributed by atoms with van der Waals surface area (Å²) in [7, 11) is 0. The first-order valence-electron chi connectivity index (χ1n) is 11.5. The van der Waals surface area contributed by atoms with Gasteiger partial charge in [-0.15, -0.1) is 0 Å². The number of nitrogens with zero attached hydrogens (tertiary/aromatic N) is 2. The maximum absolute atomic E-state index is 13.4. The highest BCUT2D eigenvalue weighted by molar-refractivity contribution is 5.95. The third-order valence-electron chi connectivity index (χ3n) is 7.01. The number of halogens is 3. The minimum absolute atomic E-state index is 0.230. The normalized spacial score (nSPS) is 17.6. The van der Waals surface area contributed by atoms with Crippen LogP contribution in [0.2, 0.25) is 0 Å². The largest absolute Gasteiger partial charge is 0.478 e. The number of carboxylic acids is 1. The first-order chi connectivity index (χ1) is 16.2. The standard InChI is InChI=1S/C26H29F3N2O4/c1-16-12-18(13-17(2)21(16)35-24(3,4)22(32)33)14-31-23(34)30(15-25(31)10-5-11-25)20-8-6-19(7-9-20)26(27,28)29/h6-9,12-13H,5,10-11,14-15H2,1-4H3,(H,32,33). The number of rotatable bonds is 6. The van der Waals surface area contributed by atoms with Crippen LogP contribution in [0.4, 0.5) is 23.7 Å². The molecule has 1 saturated heterocycles. The van der Waals surface area contributed by atoms with Gasteiger partial charge in [-0.2, -0.15) is 13.2 Å². The van der Waals surface area contributed by atoms with Crippen LogP contribution in [0.3, 0.4) is 0 Å².